The maximum atomic E-state index is 13.1. The summed E-state index contributed by atoms with van der Waals surface area (Å²) in [6.45, 7) is 5.14. The van der Waals surface area contributed by atoms with Crippen LogP contribution in [0.3, 0.4) is 0 Å². The van der Waals surface area contributed by atoms with E-state index in [4.69, 9.17) is 0 Å². The van der Waals surface area contributed by atoms with Crippen LogP contribution in [-0.4, -0.2) is 29.8 Å². The Labute approximate surface area is 148 Å². The Balaban J connectivity index is 2.16. The molecule has 1 aromatic rings. The van der Waals surface area contributed by atoms with Gasteiger partial charge in [-0.3, -0.25) is 14.4 Å². The van der Waals surface area contributed by atoms with Crippen LogP contribution < -0.4 is 16.0 Å². The van der Waals surface area contributed by atoms with Gasteiger partial charge in [-0.1, -0.05) is 37.5 Å². The largest absolute Gasteiger partial charge is 0.347 e. The highest BCUT2D eigenvalue weighted by Gasteiger charge is 2.41. The number of anilines is 1. The van der Waals surface area contributed by atoms with Gasteiger partial charge >= 0.3 is 0 Å². The number of rotatable bonds is 5. The molecule has 1 aliphatic carbocycles. The molecule has 0 radical (unpaired) electrons. The topological polar surface area (TPSA) is 87.3 Å². The number of carbonyl (C=O) groups excluding carboxylic acids is 3. The highest BCUT2D eigenvalue weighted by molar-refractivity contribution is 6.02. The third-order valence-corrected chi connectivity index (χ3v) is 4.74. The Hall–Kier alpha value is -2.37. The second-order valence-corrected chi connectivity index (χ2v) is 6.82. The lowest BCUT2D eigenvalue weighted by Crippen LogP contribution is -2.59. The first-order valence-corrected chi connectivity index (χ1v) is 8.77. The van der Waals surface area contributed by atoms with Crippen molar-refractivity contribution in [1.82, 2.24) is 10.6 Å². The van der Waals surface area contributed by atoms with Crippen molar-refractivity contribution in [3.63, 3.8) is 0 Å². The summed E-state index contributed by atoms with van der Waals surface area (Å²) in [5.74, 6) is -0.789. The van der Waals surface area contributed by atoms with Crippen molar-refractivity contribution in [3.05, 3.63) is 29.3 Å². The molecule has 0 atom stereocenters. The standard InChI is InChI=1S/C19H27N3O3/c1-13-8-7-9-14(2)17(13)21-18(25)19(10-5-4-6-11-19)22-16(24)12-20-15(3)23/h7-9H,4-6,10-12H2,1-3H3,(H,20,23)(H,21,25)(H,22,24). The van der Waals surface area contributed by atoms with Crippen LogP contribution in [0, 0.1) is 13.8 Å². The van der Waals surface area contributed by atoms with E-state index in [0.717, 1.165) is 36.1 Å². The first kappa shape index (κ1) is 19.0. The molecule has 25 heavy (non-hydrogen) atoms. The summed E-state index contributed by atoms with van der Waals surface area (Å²) in [7, 11) is 0. The highest BCUT2D eigenvalue weighted by Crippen LogP contribution is 2.30. The number of nitrogens with one attached hydrogen (secondary N) is 3. The average Bonchev–Trinajstić information content (AvgIpc) is 2.57. The third kappa shape index (κ3) is 4.81. The monoisotopic (exact) mass is 345 g/mol. The zero-order valence-corrected chi connectivity index (χ0v) is 15.2. The Bertz CT molecular complexity index is 644. The van der Waals surface area contributed by atoms with Crippen molar-refractivity contribution < 1.29 is 14.4 Å². The lowest BCUT2D eigenvalue weighted by atomic mass is 9.80. The van der Waals surface area contributed by atoms with Gasteiger partial charge in [0.05, 0.1) is 6.54 Å². The minimum Gasteiger partial charge on any atom is -0.347 e. The van der Waals surface area contributed by atoms with E-state index < -0.39 is 5.54 Å². The number of benzene rings is 1. The zero-order chi connectivity index (χ0) is 18.4. The van der Waals surface area contributed by atoms with Crippen LogP contribution in [-0.2, 0) is 14.4 Å². The fraction of sp³-hybridized carbons (Fsp3) is 0.526. The molecule has 0 unspecified atom stereocenters. The fourth-order valence-corrected chi connectivity index (χ4v) is 3.32. The van der Waals surface area contributed by atoms with Gasteiger partial charge in [-0.05, 0) is 37.8 Å². The summed E-state index contributed by atoms with van der Waals surface area (Å²) in [6, 6.07) is 5.85. The molecular formula is C19H27N3O3. The first-order chi connectivity index (χ1) is 11.8. The van der Waals surface area contributed by atoms with E-state index in [-0.39, 0.29) is 24.3 Å². The Morgan fingerprint density at radius 2 is 1.64 bits per heavy atom. The zero-order valence-electron chi connectivity index (χ0n) is 15.2. The van der Waals surface area contributed by atoms with E-state index in [1.165, 1.54) is 6.92 Å². The predicted molar refractivity (Wildman–Crippen MR) is 97.2 cm³/mol. The molecule has 1 aromatic carbocycles. The van der Waals surface area contributed by atoms with Gasteiger partial charge in [0.25, 0.3) is 0 Å². The highest BCUT2D eigenvalue weighted by atomic mass is 16.2. The van der Waals surface area contributed by atoms with Crippen LogP contribution in [0.5, 0.6) is 0 Å². The van der Waals surface area contributed by atoms with Crippen molar-refractivity contribution in [2.24, 2.45) is 0 Å². The summed E-state index contributed by atoms with van der Waals surface area (Å²) < 4.78 is 0. The summed E-state index contributed by atoms with van der Waals surface area (Å²) >= 11 is 0. The molecule has 136 valence electrons. The Kier molecular flexibility index (Phi) is 6.17. The van der Waals surface area contributed by atoms with Crippen molar-refractivity contribution >= 4 is 23.4 Å². The molecule has 0 saturated heterocycles. The summed E-state index contributed by atoms with van der Waals surface area (Å²) in [4.78, 5) is 36.3. The summed E-state index contributed by atoms with van der Waals surface area (Å²) in [6.07, 6.45) is 4.05. The first-order valence-electron chi connectivity index (χ1n) is 8.77. The number of carbonyl (C=O) groups is 3. The minimum atomic E-state index is -0.914. The van der Waals surface area contributed by atoms with Crippen LogP contribution in [0.4, 0.5) is 5.69 Å². The molecular weight excluding hydrogens is 318 g/mol. The quantitative estimate of drug-likeness (QED) is 0.764. The van der Waals surface area contributed by atoms with Gasteiger partial charge in [0, 0.05) is 12.6 Å². The Morgan fingerprint density at radius 3 is 2.20 bits per heavy atom. The van der Waals surface area contributed by atoms with E-state index in [9.17, 15) is 14.4 Å². The average molecular weight is 345 g/mol. The maximum absolute atomic E-state index is 13.1. The molecule has 1 aliphatic rings. The van der Waals surface area contributed by atoms with Crippen LogP contribution in [0.2, 0.25) is 0 Å². The molecule has 0 bridgehead atoms. The van der Waals surface area contributed by atoms with Gasteiger partial charge in [-0.25, -0.2) is 0 Å². The number of aryl methyl sites for hydroxylation is 2. The summed E-state index contributed by atoms with van der Waals surface area (Å²) in [5, 5.41) is 8.38. The van der Waals surface area contributed by atoms with Gasteiger partial charge in [-0.2, -0.15) is 0 Å². The number of hydrogen-bond acceptors (Lipinski definition) is 3. The SMILES string of the molecule is CC(=O)NCC(=O)NC1(C(=O)Nc2c(C)cccc2C)CCCCC1. The van der Waals surface area contributed by atoms with Crippen molar-refractivity contribution in [1.29, 1.82) is 0 Å². The van der Waals surface area contributed by atoms with Crippen LogP contribution >= 0.6 is 0 Å². The molecule has 6 nitrogen and oxygen atoms in total. The van der Waals surface area contributed by atoms with Crippen molar-refractivity contribution in [3.8, 4) is 0 Å². The van der Waals surface area contributed by atoms with Gasteiger partial charge < -0.3 is 16.0 Å². The molecule has 3 amide bonds. The van der Waals surface area contributed by atoms with E-state index in [1.807, 2.05) is 32.0 Å². The third-order valence-electron chi connectivity index (χ3n) is 4.74. The van der Waals surface area contributed by atoms with E-state index in [0.29, 0.717) is 12.8 Å². The van der Waals surface area contributed by atoms with Gasteiger partial charge in [0.2, 0.25) is 17.7 Å². The van der Waals surface area contributed by atoms with Crippen molar-refractivity contribution in [2.45, 2.75) is 58.4 Å². The van der Waals surface area contributed by atoms with Crippen LogP contribution in [0.25, 0.3) is 0 Å². The second kappa shape index (κ2) is 8.14. The normalized spacial score (nSPS) is 16.0. The lowest BCUT2D eigenvalue weighted by molar-refractivity contribution is -0.132. The molecule has 1 saturated carbocycles. The molecule has 0 aromatic heterocycles. The van der Waals surface area contributed by atoms with Gasteiger partial charge in [0.15, 0.2) is 0 Å². The van der Waals surface area contributed by atoms with Gasteiger partial charge in [0.1, 0.15) is 5.54 Å². The minimum absolute atomic E-state index is 0.117. The number of para-hydroxylation sites is 1. The molecule has 3 N–H and O–H groups in total. The molecule has 6 heteroatoms. The van der Waals surface area contributed by atoms with Crippen LogP contribution in [0.1, 0.15) is 50.2 Å². The smallest absolute Gasteiger partial charge is 0.250 e. The second-order valence-electron chi connectivity index (χ2n) is 6.82. The Morgan fingerprint density at radius 1 is 1.04 bits per heavy atom. The molecule has 1 fully saturated rings. The molecule has 0 aliphatic heterocycles. The van der Waals surface area contributed by atoms with Crippen molar-refractivity contribution in [2.75, 3.05) is 11.9 Å². The van der Waals surface area contributed by atoms with E-state index in [1.54, 1.807) is 0 Å². The molecule has 0 heterocycles. The van der Waals surface area contributed by atoms with E-state index in [2.05, 4.69) is 16.0 Å². The lowest BCUT2D eigenvalue weighted by Gasteiger charge is -2.37. The van der Waals surface area contributed by atoms with E-state index >= 15 is 0 Å². The number of hydrogen-bond donors (Lipinski definition) is 3. The maximum Gasteiger partial charge on any atom is 0.250 e. The molecule has 0 spiro atoms. The predicted octanol–water partition coefficient (Wildman–Crippen LogP) is 2.20. The number of amides is 3. The summed E-state index contributed by atoms with van der Waals surface area (Å²) in [5.41, 5.74) is 1.86. The van der Waals surface area contributed by atoms with Gasteiger partial charge in [-0.15, -0.1) is 0 Å². The van der Waals surface area contributed by atoms with Crippen LogP contribution in [0.15, 0.2) is 18.2 Å². The molecule has 2 rings (SSSR count). The fourth-order valence-electron chi connectivity index (χ4n) is 3.32.